The second-order valence-electron chi connectivity index (χ2n) is 11.7. The van der Waals surface area contributed by atoms with Gasteiger partial charge < -0.3 is 26.5 Å². The number of unbranched alkanes of at least 4 members (excludes halogenated alkanes) is 22. The maximum Gasteiger partial charge on any atom is 0.168 e. The fourth-order valence-corrected chi connectivity index (χ4v) is 5.00. The van der Waals surface area contributed by atoms with Crippen LogP contribution < -0.4 is 22.4 Å². The molecule has 0 spiro atoms. The zero-order valence-electron chi connectivity index (χ0n) is 25.8. The van der Waals surface area contributed by atoms with Crippen LogP contribution in [0.1, 0.15) is 182 Å². The molecule has 224 valence electrons. The third-order valence-corrected chi connectivity index (χ3v) is 7.63. The lowest BCUT2D eigenvalue weighted by Gasteiger charge is -2.30. The highest BCUT2D eigenvalue weighted by Gasteiger charge is 2.31. The molecule has 4 heteroatoms. The topological polar surface area (TPSA) is 44.0 Å². The van der Waals surface area contributed by atoms with Gasteiger partial charge in [-0.3, -0.25) is 5.41 Å². The van der Waals surface area contributed by atoms with E-state index in [1.165, 1.54) is 141 Å². The second kappa shape index (κ2) is 30.6. The van der Waals surface area contributed by atoms with E-state index >= 15 is 0 Å². The monoisotopic (exact) mass is 589 g/mol. The minimum atomic E-state index is -0.357. The van der Waals surface area contributed by atoms with Crippen molar-refractivity contribution in [3.63, 3.8) is 0 Å². The van der Waals surface area contributed by atoms with Gasteiger partial charge in [-0.05, 0) is 26.7 Å². The molecule has 0 rings (SSSR count). The first-order valence-electron chi connectivity index (χ1n) is 16.4. The van der Waals surface area contributed by atoms with Crippen molar-refractivity contribution in [1.29, 1.82) is 0 Å². The van der Waals surface area contributed by atoms with Gasteiger partial charge in [0.2, 0.25) is 0 Å². The first-order valence-corrected chi connectivity index (χ1v) is 16.4. The van der Waals surface area contributed by atoms with Crippen LogP contribution in [-0.2, 0) is 9.47 Å². The first-order chi connectivity index (χ1) is 17.6. The number of hydrogen-bond donors (Lipinski definition) is 1. The first kappa shape index (κ1) is 39.2. The van der Waals surface area contributed by atoms with Crippen LogP contribution in [0.15, 0.2) is 0 Å². The van der Waals surface area contributed by atoms with Crippen LogP contribution in [0, 0.1) is 0 Å². The fourth-order valence-electron chi connectivity index (χ4n) is 5.00. The van der Waals surface area contributed by atoms with Gasteiger partial charge >= 0.3 is 0 Å². The predicted molar refractivity (Wildman–Crippen MR) is 160 cm³/mol. The van der Waals surface area contributed by atoms with Crippen LogP contribution in [0.25, 0.3) is 0 Å². The highest BCUT2D eigenvalue weighted by atomic mass is 79.9. The molecule has 1 atom stereocenters. The lowest BCUT2D eigenvalue weighted by atomic mass is 10.0. The van der Waals surface area contributed by atoms with E-state index in [2.05, 4.69) is 27.7 Å². The zero-order chi connectivity index (χ0) is 26.6. The maximum atomic E-state index is 6.20. The van der Waals surface area contributed by atoms with Crippen molar-refractivity contribution >= 4 is 6.21 Å². The summed E-state index contributed by atoms with van der Waals surface area (Å²) in [5, 5.41) is 5.92. The summed E-state index contributed by atoms with van der Waals surface area (Å²) in [6.45, 7) is 10.4. The molecule has 0 saturated carbocycles. The average molecular weight is 591 g/mol. The fraction of sp³-hybridized carbons (Fsp3) is 0.970. The van der Waals surface area contributed by atoms with Gasteiger partial charge in [0.1, 0.15) is 0 Å². The molecule has 0 aliphatic heterocycles. The van der Waals surface area contributed by atoms with Crippen LogP contribution in [-0.4, -0.2) is 31.1 Å². The van der Waals surface area contributed by atoms with Crippen molar-refractivity contribution < 1.29 is 31.9 Å². The summed E-state index contributed by atoms with van der Waals surface area (Å²) in [5.74, 6) is 0. The molecule has 1 unspecified atom stereocenters. The molecule has 0 aliphatic rings. The molecule has 0 fully saturated rings. The van der Waals surface area contributed by atoms with Gasteiger partial charge in [0, 0.05) is 13.2 Å². The van der Waals surface area contributed by atoms with Crippen molar-refractivity contribution in [3.05, 3.63) is 0 Å². The molecule has 37 heavy (non-hydrogen) atoms. The van der Waals surface area contributed by atoms with E-state index in [1.54, 1.807) is 6.21 Å². The SMILES string of the molecule is CCCCCCCCCCCCCCOC(C=[NH2+])C(C)(C)OCCCCCCCCCCCCCC.[Br-]. The molecule has 0 amide bonds. The van der Waals surface area contributed by atoms with E-state index in [0.29, 0.717) is 0 Å². The zero-order valence-corrected chi connectivity index (χ0v) is 27.4. The summed E-state index contributed by atoms with van der Waals surface area (Å²) in [7, 11) is 0. The number of rotatable bonds is 30. The van der Waals surface area contributed by atoms with Crippen molar-refractivity contribution in [2.45, 2.75) is 193 Å². The van der Waals surface area contributed by atoms with Gasteiger partial charge in [-0.25, -0.2) is 0 Å². The highest BCUT2D eigenvalue weighted by Crippen LogP contribution is 2.19. The summed E-state index contributed by atoms with van der Waals surface area (Å²) in [6, 6.07) is 0. The molecule has 0 heterocycles. The van der Waals surface area contributed by atoms with Crippen LogP contribution in [0.4, 0.5) is 0 Å². The largest absolute Gasteiger partial charge is 1.00 e. The number of ether oxygens (including phenoxy) is 2. The van der Waals surface area contributed by atoms with E-state index in [9.17, 15) is 0 Å². The quantitative estimate of drug-likeness (QED) is 0.0777. The van der Waals surface area contributed by atoms with Crippen LogP contribution in [0.3, 0.4) is 0 Å². The number of hydrogen-bond acceptors (Lipinski definition) is 2. The molecule has 0 aliphatic carbocycles. The highest BCUT2D eigenvalue weighted by molar-refractivity contribution is 5.58. The van der Waals surface area contributed by atoms with Gasteiger partial charge in [0.25, 0.3) is 0 Å². The third kappa shape index (κ3) is 27.4. The molecular weight excluding hydrogens is 522 g/mol. The van der Waals surface area contributed by atoms with Crippen molar-refractivity contribution in [1.82, 2.24) is 0 Å². The van der Waals surface area contributed by atoms with Crippen LogP contribution >= 0.6 is 0 Å². The summed E-state index contributed by atoms with van der Waals surface area (Å²) in [6.07, 6.45) is 34.3. The van der Waals surface area contributed by atoms with E-state index < -0.39 is 0 Å². The molecule has 0 radical (unpaired) electrons. The number of nitrogens with two attached hydrogens (primary N) is 1. The van der Waals surface area contributed by atoms with Gasteiger partial charge in [-0.15, -0.1) is 0 Å². The van der Waals surface area contributed by atoms with Gasteiger partial charge in [-0.1, -0.05) is 155 Å². The van der Waals surface area contributed by atoms with Gasteiger partial charge in [-0.2, -0.15) is 0 Å². The van der Waals surface area contributed by atoms with Crippen LogP contribution in [0.2, 0.25) is 0 Å². The van der Waals surface area contributed by atoms with E-state index in [1.807, 2.05) is 0 Å². The lowest BCUT2D eigenvalue weighted by molar-refractivity contribution is -0.147. The lowest BCUT2D eigenvalue weighted by Crippen LogP contribution is -3.00. The molecule has 0 saturated heterocycles. The summed E-state index contributed by atoms with van der Waals surface area (Å²) in [4.78, 5) is 0. The Labute approximate surface area is 244 Å². The molecule has 0 aromatic carbocycles. The molecule has 3 nitrogen and oxygen atoms in total. The average Bonchev–Trinajstić information content (AvgIpc) is 2.87. The Balaban J connectivity index is 0. The van der Waals surface area contributed by atoms with Crippen molar-refractivity contribution in [2.75, 3.05) is 13.2 Å². The third-order valence-electron chi connectivity index (χ3n) is 7.63. The molecule has 0 aromatic heterocycles. The Morgan fingerprint density at radius 1 is 0.514 bits per heavy atom. The predicted octanol–water partition coefficient (Wildman–Crippen LogP) is 6.40. The van der Waals surface area contributed by atoms with Crippen molar-refractivity contribution in [3.8, 4) is 0 Å². The minimum Gasteiger partial charge on any atom is -1.00 e. The van der Waals surface area contributed by atoms with Crippen molar-refractivity contribution in [2.24, 2.45) is 0 Å². The Kier molecular flexibility index (Phi) is 32.4. The molecule has 2 N–H and O–H groups in total. The second-order valence-corrected chi connectivity index (χ2v) is 11.7. The maximum absolute atomic E-state index is 6.20. The smallest absolute Gasteiger partial charge is 0.168 e. The Morgan fingerprint density at radius 3 is 1.14 bits per heavy atom. The number of halogens is 1. The van der Waals surface area contributed by atoms with E-state index in [4.69, 9.17) is 14.9 Å². The summed E-state index contributed by atoms with van der Waals surface area (Å²) in [5.41, 5.74) is -0.357. The van der Waals surface area contributed by atoms with Gasteiger partial charge in [0.15, 0.2) is 12.3 Å². The molecule has 0 bridgehead atoms. The van der Waals surface area contributed by atoms with Crippen LogP contribution in [0.5, 0.6) is 0 Å². The van der Waals surface area contributed by atoms with E-state index in [0.717, 1.165) is 26.1 Å². The summed E-state index contributed by atoms with van der Waals surface area (Å²) < 4.78 is 12.3. The van der Waals surface area contributed by atoms with E-state index in [-0.39, 0.29) is 28.7 Å². The Morgan fingerprint density at radius 2 is 0.811 bits per heavy atom. The van der Waals surface area contributed by atoms with Gasteiger partial charge in [0.05, 0.1) is 5.60 Å². The Hall–Kier alpha value is 0.0700. The normalized spacial score (nSPS) is 12.4. The molecule has 0 aromatic rings. The summed E-state index contributed by atoms with van der Waals surface area (Å²) >= 11 is 0. The molecular formula is C33H68BrNO2. The minimum absolute atomic E-state index is 0. The standard InChI is InChI=1S/C33H67NO2.BrH/c1-5-7-9-11-13-15-17-19-21-23-25-27-29-35-32(31-34)33(3,4)36-30-28-26-24-22-20-18-16-14-12-10-8-6-2;/h31-32,34H,5-30H2,1-4H3;1H. The Bertz CT molecular complexity index is 444.